The van der Waals surface area contributed by atoms with E-state index in [1.807, 2.05) is 0 Å². The van der Waals surface area contributed by atoms with Gasteiger partial charge in [0.05, 0.1) is 0 Å². The van der Waals surface area contributed by atoms with E-state index < -0.39 is 0 Å². The molecule has 0 amide bonds. The smallest absolute Gasteiger partial charge is 0.0471 e. The Morgan fingerprint density at radius 1 is 0.500 bits per heavy atom. The summed E-state index contributed by atoms with van der Waals surface area (Å²) in [4.78, 5) is 3.56. The van der Waals surface area contributed by atoms with Crippen LogP contribution < -0.4 is 0 Å². The molecule has 2 heterocycles. The number of hydrogen-bond acceptors (Lipinski definition) is 0. The summed E-state index contributed by atoms with van der Waals surface area (Å²) in [5.41, 5.74) is 4.94. The largest absolute Gasteiger partial charge is 0.354 e. The molecule has 0 radical (unpaired) electrons. The second kappa shape index (κ2) is 5.24. The Hall–Kier alpha value is -3.02. The molecule has 6 rings (SSSR count). The van der Waals surface area contributed by atoms with E-state index >= 15 is 0 Å². The maximum atomic E-state index is 3.56. The van der Waals surface area contributed by atoms with Gasteiger partial charge in [-0.15, -0.1) is 8.19 Å². The first-order chi connectivity index (χ1) is 12.9. The molecule has 0 aliphatic rings. The lowest BCUT2D eigenvalue weighted by Crippen LogP contribution is -1.78. The van der Waals surface area contributed by atoms with Crippen molar-refractivity contribution in [2.45, 2.75) is 0 Å². The van der Waals surface area contributed by atoms with Crippen LogP contribution in [0, 0.1) is 0 Å². The van der Waals surface area contributed by atoms with Gasteiger partial charge in [0.25, 0.3) is 0 Å². The van der Waals surface area contributed by atoms with Crippen LogP contribution >= 0.6 is 8.19 Å². The van der Waals surface area contributed by atoms with Crippen molar-refractivity contribution >= 4 is 51.0 Å². The van der Waals surface area contributed by atoms with E-state index in [1.54, 1.807) is 0 Å². The lowest BCUT2D eigenvalue weighted by molar-refractivity contribution is 1.54. The third-order valence-corrected chi connectivity index (χ3v) is 6.76. The summed E-state index contributed by atoms with van der Waals surface area (Å²) in [6, 6.07) is 31.0. The van der Waals surface area contributed by atoms with Crippen LogP contribution in [0.15, 0.2) is 84.9 Å². The highest BCUT2D eigenvalue weighted by atomic mass is 31.0. The van der Waals surface area contributed by atoms with Gasteiger partial charge in [0, 0.05) is 21.8 Å². The Morgan fingerprint density at radius 3 is 2.15 bits per heavy atom. The molecule has 0 saturated heterocycles. The van der Waals surface area contributed by atoms with Crippen molar-refractivity contribution < 1.29 is 0 Å². The van der Waals surface area contributed by atoms with Crippen molar-refractivity contribution in [1.82, 2.24) is 4.98 Å². The molecule has 0 aliphatic heterocycles. The van der Waals surface area contributed by atoms with E-state index in [0.29, 0.717) is 0 Å². The first-order valence-electron chi connectivity index (χ1n) is 8.88. The van der Waals surface area contributed by atoms with Gasteiger partial charge >= 0.3 is 0 Å². The summed E-state index contributed by atoms with van der Waals surface area (Å²) in [6.45, 7) is 0. The maximum Gasteiger partial charge on any atom is 0.0471 e. The zero-order valence-electron chi connectivity index (χ0n) is 14.1. The van der Waals surface area contributed by atoms with Gasteiger partial charge < -0.3 is 4.98 Å². The Balaban J connectivity index is 1.59. The van der Waals surface area contributed by atoms with Gasteiger partial charge in [-0.3, -0.25) is 0 Å². The van der Waals surface area contributed by atoms with E-state index in [2.05, 4.69) is 89.9 Å². The van der Waals surface area contributed by atoms with E-state index in [9.17, 15) is 0 Å². The summed E-state index contributed by atoms with van der Waals surface area (Å²) in [6.07, 6.45) is 0. The molecule has 0 fully saturated rings. The third kappa shape index (κ3) is 1.98. The molecule has 122 valence electrons. The number of fused-ring (bicyclic) bond motifs is 6. The van der Waals surface area contributed by atoms with Crippen molar-refractivity contribution in [3.05, 3.63) is 84.9 Å². The van der Waals surface area contributed by atoms with Gasteiger partial charge in [-0.05, 0) is 56.4 Å². The van der Waals surface area contributed by atoms with Crippen molar-refractivity contribution in [1.29, 1.82) is 0 Å². The fraction of sp³-hybridized carbons (Fsp3) is 0. The van der Waals surface area contributed by atoms with Crippen LogP contribution in [0.25, 0.3) is 53.9 Å². The number of H-pyrrole nitrogens is 1. The zero-order chi connectivity index (χ0) is 17.1. The Bertz CT molecular complexity index is 1430. The molecule has 26 heavy (non-hydrogen) atoms. The van der Waals surface area contributed by atoms with Crippen LogP contribution in [0.3, 0.4) is 0 Å². The molecule has 4 aromatic carbocycles. The van der Waals surface area contributed by atoms with Crippen LogP contribution in [-0.4, -0.2) is 4.98 Å². The first-order valence-corrected chi connectivity index (χ1v) is 9.88. The summed E-state index contributed by atoms with van der Waals surface area (Å²) >= 11 is 0. The van der Waals surface area contributed by atoms with Crippen LogP contribution in [0.5, 0.6) is 0 Å². The number of para-hydroxylation sites is 1. The van der Waals surface area contributed by atoms with Crippen LogP contribution in [-0.2, 0) is 0 Å². The highest BCUT2D eigenvalue weighted by molar-refractivity contribution is 7.43. The molecule has 0 aliphatic carbocycles. The molecule has 0 saturated carbocycles. The van der Waals surface area contributed by atoms with Crippen molar-refractivity contribution in [3.63, 3.8) is 0 Å². The van der Waals surface area contributed by atoms with Gasteiger partial charge in [0.2, 0.25) is 0 Å². The number of hydrogen-bond donors (Lipinski definition) is 1. The average molecular weight is 349 g/mol. The second-order valence-electron chi connectivity index (χ2n) is 6.86. The Morgan fingerprint density at radius 2 is 1.19 bits per heavy atom. The quantitative estimate of drug-likeness (QED) is 0.320. The van der Waals surface area contributed by atoms with Gasteiger partial charge in [0.15, 0.2) is 0 Å². The predicted molar refractivity (Wildman–Crippen MR) is 116 cm³/mol. The standard InChI is InChI=1S/C24H16NP/c1-3-7-21-17(5-1)18-11-9-16(14-22(18)25-21)15-10-12-24-20(13-15)19-6-2-4-8-23(19)26-24/h1-14,25-26H. The Labute approximate surface area is 152 Å². The minimum atomic E-state index is 0.776. The van der Waals surface area contributed by atoms with Gasteiger partial charge in [-0.1, -0.05) is 60.7 Å². The van der Waals surface area contributed by atoms with Crippen LogP contribution in [0.2, 0.25) is 0 Å². The lowest BCUT2D eigenvalue weighted by Gasteiger charge is -2.03. The predicted octanol–water partition coefficient (Wildman–Crippen LogP) is 7.33. The summed E-state index contributed by atoms with van der Waals surface area (Å²) in [5.74, 6) is 0. The summed E-state index contributed by atoms with van der Waals surface area (Å²) < 4.78 is 0. The molecule has 1 N–H and O–H groups in total. The monoisotopic (exact) mass is 349 g/mol. The third-order valence-electron chi connectivity index (χ3n) is 5.35. The number of rotatable bonds is 1. The van der Waals surface area contributed by atoms with E-state index in [1.165, 1.54) is 53.9 Å². The van der Waals surface area contributed by atoms with Gasteiger partial charge in [0.1, 0.15) is 0 Å². The summed E-state index contributed by atoms with van der Waals surface area (Å²) in [5, 5.41) is 8.30. The number of aromatic nitrogens is 1. The van der Waals surface area contributed by atoms with Crippen molar-refractivity contribution in [2.24, 2.45) is 0 Å². The number of aromatic amines is 1. The fourth-order valence-corrected chi connectivity index (χ4v) is 5.39. The average Bonchev–Trinajstić information content (AvgIpc) is 3.25. The highest BCUT2D eigenvalue weighted by Gasteiger charge is 2.08. The van der Waals surface area contributed by atoms with Crippen molar-refractivity contribution in [3.8, 4) is 11.1 Å². The molecular formula is C24H16NP. The molecular weight excluding hydrogens is 333 g/mol. The molecule has 0 spiro atoms. The SMILES string of the molecule is c1ccc2c(c1)[nH]c1cc(-c3ccc4[pH]c5ccccc5c4c3)ccc12. The lowest BCUT2D eigenvalue weighted by atomic mass is 10.0. The van der Waals surface area contributed by atoms with E-state index in [4.69, 9.17) is 0 Å². The highest BCUT2D eigenvalue weighted by Crippen LogP contribution is 2.39. The van der Waals surface area contributed by atoms with Crippen LogP contribution in [0.1, 0.15) is 0 Å². The topological polar surface area (TPSA) is 15.8 Å². The molecule has 0 bridgehead atoms. The summed E-state index contributed by atoms with van der Waals surface area (Å²) in [7, 11) is 0.776. The second-order valence-corrected chi connectivity index (χ2v) is 8.19. The normalized spacial score (nSPS) is 12.2. The van der Waals surface area contributed by atoms with Crippen molar-refractivity contribution in [2.75, 3.05) is 0 Å². The van der Waals surface area contributed by atoms with Crippen LogP contribution in [0.4, 0.5) is 0 Å². The minimum Gasteiger partial charge on any atom is -0.354 e. The molecule has 2 heteroatoms. The fourth-order valence-electron chi connectivity index (χ4n) is 4.06. The Kier molecular flexibility index (Phi) is 2.86. The maximum absolute atomic E-state index is 3.56. The van der Waals surface area contributed by atoms with E-state index in [-0.39, 0.29) is 0 Å². The zero-order valence-corrected chi connectivity index (χ0v) is 15.1. The van der Waals surface area contributed by atoms with Gasteiger partial charge in [-0.2, -0.15) is 0 Å². The molecule has 2 aromatic heterocycles. The molecule has 1 atom stereocenters. The first kappa shape index (κ1) is 14.2. The number of nitrogens with one attached hydrogen (secondary N) is 1. The number of benzene rings is 4. The minimum absolute atomic E-state index is 0.776. The molecule has 6 aromatic rings. The molecule has 1 unspecified atom stereocenters. The van der Waals surface area contributed by atoms with Gasteiger partial charge in [-0.25, -0.2) is 0 Å². The van der Waals surface area contributed by atoms with E-state index in [0.717, 1.165) is 8.19 Å². The molecule has 1 nitrogen and oxygen atoms in total.